The first-order chi connectivity index (χ1) is 12.0. The first-order valence-electron chi connectivity index (χ1n) is 7.46. The average molecular weight is 356 g/mol. The second-order valence-corrected chi connectivity index (χ2v) is 5.87. The number of aromatic carboxylic acids is 1. The van der Waals surface area contributed by atoms with Crippen LogP contribution in [-0.2, 0) is 0 Å². The van der Waals surface area contributed by atoms with Gasteiger partial charge in [-0.2, -0.15) is 0 Å². The van der Waals surface area contributed by atoms with Crippen molar-refractivity contribution in [2.75, 3.05) is 5.32 Å². The van der Waals surface area contributed by atoms with Gasteiger partial charge in [-0.1, -0.05) is 41.9 Å². The van der Waals surface area contributed by atoms with Gasteiger partial charge in [0.05, 0.1) is 11.3 Å². The van der Waals surface area contributed by atoms with Crippen LogP contribution in [0.3, 0.4) is 0 Å². The molecule has 0 atom stereocenters. The second-order valence-electron chi connectivity index (χ2n) is 5.43. The second kappa shape index (κ2) is 6.83. The Morgan fingerprint density at radius 3 is 2.48 bits per heavy atom. The first-order valence-corrected chi connectivity index (χ1v) is 7.83. The van der Waals surface area contributed by atoms with Gasteiger partial charge in [0.1, 0.15) is 5.76 Å². The van der Waals surface area contributed by atoms with Crippen LogP contribution in [0.15, 0.2) is 59.0 Å². The van der Waals surface area contributed by atoms with Gasteiger partial charge in [-0.05, 0) is 36.8 Å². The van der Waals surface area contributed by atoms with Gasteiger partial charge in [-0.25, -0.2) is 4.79 Å². The quantitative estimate of drug-likeness (QED) is 0.700. The molecule has 1 aromatic heterocycles. The average Bonchev–Trinajstić information content (AvgIpc) is 3.07. The number of anilines is 1. The molecular weight excluding hydrogens is 342 g/mol. The van der Waals surface area contributed by atoms with E-state index in [1.807, 2.05) is 30.3 Å². The Kier molecular flexibility index (Phi) is 4.59. The Morgan fingerprint density at radius 1 is 1.08 bits per heavy atom. The maximum absolute atomic E-state index is 12.4. The van der Waals surface area contributed by atoms with E-state index < -0.39 is 11.9 Å². The molecule has 0 fully saturated rings. The number of carbonyl (C=O) groups is 2. The van der Waals surface area contributed by atoms with Crippen molar-refractivity contribution in [2.24, 2.45) is 0 Å². The Bertz CT molecular complexity index is 947. The van der Waals surface area contributed by atoms with Gasteiger partial charge in [0, 0.05) is 10.6 Å². The molecule has 0 aliphatic heterocycles. The van der Waals surface area contributed by atoms with Crippen molar-refractivity contribution >= 4 is 29.2 Å². The molecule has 0 bridgehead atoms. The van der Waals surface area contributed by atoms with Crippen molar-refractivity contribution in [3.8, 4) is 11.3 Å². The summed E-state index contributed by atoms with van der Waals surface area (Å²) >= 11 is 5.90. The molecule has 1 amide bonds. The van der Waals surface area contributed by atoms with E-state index in [1.54, 1.807) is 25.1 Å². The van der Waals surface area contributed by atoms with E-state index >= 15 is 0 Å². The molecule has 1 heterocycles. The highest BCUT2D eigenvalue weighted by atomic mass is 35.5. The number of benzene rings is 2. The lowest BCUT2D eigenvalue weighted by Gasteiger charge is -2.11. The topological polar surface area (TPSA) is 79.5 Å². The zero-order chi connectivity index (χ0) is 18.0. The maximum atomic E-state index is 12.4. The van der Waals surface area contributed by atoms with Crippen LogP contribution in [0.25, 0.3) is 11.3 Å². The molecule has 2 aromatic carbocycles. The fraction of sp³-hybridized carbons (Fsp3) is 0.0526. The standard InChI is InChI=1S/C19H14ClNO4/c1-11-9-13(20)10-14(19(23)24)17(11)21-18(22)16-8-7-15(25-16)12-5-3-2-4-6-12/h2-10H,1H3,(H,21,22)(H,23,24). The van der Waals surface area contributed by atoms with Gasteiger partial charge in [0.15, 0.2) is 5.76 Å². The molecule has 5 nitrogen and oxygen atoms in total. The van der Waals surface area contributed by atoms with E-state index in [4.69, 9.17) is 16.0 Å². The van der Waals surface area contributed by atoms with E-state index in [9.17, 15) is 14.7 Å². The van der Waals surface area contributed by atoms with Crippen LogP contribution in [0.5, 0.6) is 0 Å². The summed E-state index contributed by atoms with van der Waals surface area (Å²) in [6.07, 6.45) is 0. The van der Waals surface area contributed by atoms with Crippen molar-refractivity contribution in [3.05, 3.63) is 76.5 Å². The third-order valence-electron chi connectivity index (χ3n) is 3.66. The number of halogens is 1. The summed E-state index contributed by atoms with van der Waals surface area (Å²) in [5.74, 6) is -1.07. The van der Waals surface area contributed by atoms with E-state index in [1.165, 1.54) is 6.07 Å². The fourth-order valence-corrected chi connectivity index (χ4v) is 2.74. The number of carbonyl (C=O) groups excluding carboxylic acids is 1. The Morgan fingerprint density at radius 2 is 1.80 bits per heavy atom. The Hall–Kier alpha value is -3.05. The van der Waals surface area contributed by atoms with Crippen molar-refractivity contribution < 1.29 is 19.1 Å². The normalized spacial score (nSPS) is 10.5. The van der Waals surface area contributed by atoms with Crippen LogP contribution >= 0.6 is 11.6 Å². The minimum atomic E-state index is -1.18. The SMILES string of the molecule is Cc1cc(Cl)cc(C(=O)O)c1NC(=O)c1ccc(-c2ccccc2)o1. The summed E-state index contributed by atoms with van der Waals surface area (Å²) < 4.78 is 5.58. The smallest absolute Gasteiger partial charge is 0.337 e. The van der Waals surface area contributed by atoms with Crippen molar-refractivity contribution in [2.45, 2.75) is 6.92 Å². The summed E-state index contributed by atoms with van der Waals surface area (Å²) in [4.78, 5) is 23.8. The Balaban J connectivity index is 1.89. The molecule has 0 unspecified atom stereocenters. The van der Waals surface area contributed by atoms with Crippen LogP contribution < -0.4 is 5.32 Å². The molecule has 0 saturated heterocycles. The number of carboxylic acids is 1. The molecule has 2 N–H and O–H groups in total. The van der Waals surface area contributed by atoms with Crippen molar-refractivity contribution in [1.29, 1.82) is 0 Å². The number of furan rings is 1. The lowest BCUT2D eigenvalue weighted by atomic mass is 10.1. The summed E-state index contributed by atoms with van der Waals surface area (Å²) in [5, 5.41) is 12.2. The van der Waals surface area contributed by atoms with Gasteiger partial charge in [-0.3, -0.25) is 4.79 Å². The monoisotopic (exact) mass is 355 g/mol. The number of aryl methyl sites for hydroxylation is 1. The molecule has 25 heavy (non-hydrogen) atoms. The molecule has 0 aliphatic rings. The van der Waals surface area contributed by atoms with E-state index in [0.717, 1.165) is 5.56 Å². The van der Waals surface area contributed by atoms with Gasteiger partial charge in [0.25, 0.3) is 5.91 Å². The third-order valence-corrected chi connectivity index (χ3v) is 3.88. The van der Waals surface area contributed by atoms with Gasteiger partial charge in [0.2, 0.25) is 0 Å². The fourth-order valence-electron chi connectivity index (χ4n) is 2.47. The van der Waals surface area contributed by atoms with Crippen molar-refractivity contribution in [1.82, 2.24) is 0 Å². The van der Waals surface area contributed by atoms with Gasteiger partial charge >= 0.3 is 5.97 Å². The number of amides is 1. The summed E-state index contributed by atoms with van der Waals surface area (Å²) in [7, 11) is 0. The number of rotatable bonds is 4. The molecule has 6 heteroatoms. The van der Waals surface area contributed by atoms with Gasteiger partial charge in [-0.15, -0.1) is 0 Å². The zero-order valence-electron chi connectivity index (χ0n) is 13.2. The Labute approximate surface area is 148 Å². The molecule has 0 spiro atoms. The van der Waals surface area contributed by atoms with Crippen LogP contribution in [0.1, 0.15) is 26.5 Å². The number of nitrogens with one attached hydrogen (secondary N) is 1. The minimum absolute atomic E-state index is 0.0758. The minimum Gasteiger partial charge on any atom is -0.478 e. The number of hydrogen-bond acceptors (Lipinski definition) is 3. The molecule has 0 radical (unpaired) electrons. The first kappa shape index (κ1) is 16.8. The van der Waals surface area contributed by atoms with Crippen LogP contribution in [0, 0.1) is 6.92 Å². The lowest BCUT2D eigenvalue weighted by molar-refractivity contribution is 0.0698. The summed E-state index contributed by atoms with van der Waals surface area (Å²) in [6, 6.07) is 15.5. The van der Waals surface area contributed by atoms with Crippen LogP contribution in [-0.4, -0.2) is 17.0 Å². The van der Waals surface area contributed by atoms with Gasteiger partial charge < -0.3 is 14.8 Å². The molecule has 0 aliphatic carbocycles. The number of carboxylic acid groups (broad SMARTS) is 1. The van der Waals surface area contributed by atoms with Crippen LogP contribution in [0.2, 0.25) is 5.02 Å². The lowest BCUT2D eigenvalue weighted by Crippen LogP contribution is -2.15. The third kappa shape index (κ3) is 3.56. The summed E-state index contributed by atoms with van der Waals surface area (Å²) in [5.41, 5.74) is 1.51. The van der Waals surface area contributed by atoms with Crippen molar-refractivity contribution in [3.63, 3.8) is 0 Å². The maximum Gasteiger partial charge on any atom is 0.337 e. The molecule has 126 valence electrons. The van der Waals surface area contributed by atoms with E-state index in [0.29, 0.717) is 11.3 Å². The predicted octanol–water partition coefficient (Wildman–Crippen LogP) is 4.86. The zero-order valence-corrected chi connectivity index (χ0v) is 14.0. The highest BCUT2D eigenvalue weighted by Crippen LogP contribution is 2.27. The molecule has 3 rings (SSSR count). The number of hydrogen-bond donors (Lipinski definition) is 2. The highest BCUT2D eigenvalue weighted by molar-refractivity contribution is 6.31. The molecule has 0 saturated carbocycles. The summed E-state index contributed by atoms with van der Waals surface area (Å²) in [6.45, 7) is 1.67. The predicted molar refractivity (Wildman–Crippen MR) is 95.2 cm³/mol. The van der Waals surface area contributed by atoms with E-state index in [2.05, 4.69) is 5.32 Å². The molecular formula is C19H14ClNO4. The largest absolute Gasteiger partial charge is 0.478 e. The van der Waals surface area contributed by atoms with Crippen LogP contribution in [0.4, 0.5) is 5.69 Å². The highest BCUT2D eigenvalue weighted by Gasteiger charge is 2.19. The molecule has 3 aromatic rings. The van der Waals surface area contributed by atoms with E-state index in [-0.39, 0.29) is 22.0 Å².